The van der Waals surface area contributed by atoms with Crippen LogP contribution in [0.15, 0.2) is 28.9 Å². The Hall–Kier alpha value is -2.04. The van der Waals surface area contributed by atoms with E-state index in [0.29, 0.717) is 6.54 Å². The molecule has 0 bridgehead atoms. The van der Waals surface area contributed by atoms with Crippen molar-refractivity contribution in [2.75, 3.05) is 29.9 Å². The Morgan fingerprint density at radius 3 is 2.71 bits per heavy atom. The topological polar surface area (TPSA) is 45.4 Å². The highest BCUT2D eigenvalue weighted by atomic mass is 16.3. The zero-order valence-electron chi connectivity index (χ0n) is 12.7. The summed E-state index contributed by atoms with van der Waals surface area (Å²) in [7, 11) is 2.03. The first-order valence-corrected chi connectivity index (χ1v) is 7.56. The molecule has 0 aliphatic carbocycles. The molecular weight excluding hydrogens is 264 g/mol. The summed E-state index contributed by atoms with van der Waals surface area (Å²) in [6.45, 7) is 4.86. The van der Waals surface area contributed by atoms with Crippen LogP contribution in [0.25, 0.3) is 0 Å². The highest BCUT2D eigenvalue weighted by Crippen LogP contribution is 2.21. The summed E-state index contributed by atoms with van der Waals surface area (Å²) in [5.41, 5.74) is 0. The average molecular weight is 286 g/mol. The van der Waals surface area contributed by atoms with Gasteiger partial charge in [-0.15, -0.1) is 0 Å². The molecule has 0 radical (unpaired) electrons. The van der Waals surface area contributed by atoms with Gasteiger partial charge in [-0.25, -0.2) is 9.97 Å². The summed E-state index contributed by atoms with van der Waals surface area (Å²) in [6, 6.07) is 6.07. The second kappa shape index (κ2) is 6.16. The van der Waals surface area contributed by atoms with Gasteiger partial charge < -0.3 is 14.2 Å². The van der Waals surface area contributed by atoms with E-state index in [4.69, 9.17) is 4.42 Å². The SMILES string of the molecule is Cc1ccc(CN(C)c2cc(N3CCCCC3)ncn2)o1. The molecule has 0 N–H and O–H groups in total. The number of aryl methyl sites for hydroxylation is 1. The molecular formula is C16H22N4O. The van der Waals surface area contributed by atoms with Gasteiger partial charge in [-0.05, 0) is 38.3 Å². The number of hydrogen-bond donors (Lipinski definition) is 0. The minimum atomic E-state index is 0.713. The van der Waals surface area contributed by atoms with Crippen molar-refractivity contribution in [3.63, 3.8) is 0 Å². The van der Waals surface area contributed by atoms with Crippen molar-refractivity contribution < 1.29 is 4.42 Å². The van der Waals surface area contributed by atoms with Crippen LogP contribution in [-0.2, 0) is 6.54 Å². The third kappa shape index (κ3) is 3.35. The molecule has 0 aromatic carbocycles. The number of hydrogen-bond acceptors (Lipinski definition) is 5. The smallest absolute Gasteiger partial charge is 0.134 e. The van der Waals surface area contributed by atoms with Gasteiger partial charge in [0.05, 0.1) is 6.54 Å². The van der Waals surface area contributed by atoms with Gasteiger partial charge in [0.15, 0.2) is 0 Å². The molecule has 1 aliphatic heterocycles. The molecule has 2 aromatic heterocycles. The van der Waals surface area contributed by atoms with E-state index in [2.05, 4.69) is 25.8 Å². The van der Waals surface area contributed by atoms with Crippen molar-refractivity contribution >= 4 is 11.6 Å². The van der Waals surface area contributed by atoms with Crippen LogP contribution < -0.4 is 9.80 Å². The molecule has 0 amide bonds. The first-order valence-electron chi connectivity index (χ1n) is 7.56. The van der Waals surface area contributed by atoms with E-state index < -0.39 is 0 Å². The second-order valence-corrected chi connectivity index (χ2v) is 5.65. The summed E-state index contributed by atoms with van der Waals surface area (Å²) < 4.78 is 5.63. The predicted octanol–water partition coefficient (Wildman–Crippen LogP) is 3.00. The Kier molecular flexibility index (Phi) is 4.08. The van der Waals surface area contributed by atoms with Crippen molar-refractivity contribution in [2.45, 2.75) is 32.7 Å². The van der Waals surface area contributed by atoms with Crippen molar-refractivity contribution in [3.05, 3.63) is 36.0 Å². The summed E-state index contributed by atoms with van der Waals surface area (Å²) >= 11 is 0. The van der Waals surface area contributed by atoms with Gasteiger partial charge in [-0.2, -0.15) is 0 Å². The average Bonchev–Trinajstić information content (AvgIpc) is 2.93. The molecule has 112 valence electrons. The molecule has 5 nitrogen and oxygen atoms in total. The lowest BCUT2D eigenvalue weighted by molar-refractivity contribution is 0.481. The zero-order chi connectivity index (χ0) is 14.7. The van der Waals surface area contributed by atoms with E-state index in [1.807, 2.05) is 26.1 Å². The molecule has 1 aliphatic rings. The summed E-state index contributed by atoms with van der Waals surface area (Å²) in [4.78, 5) is 13.2. The molecule has 0 saturated carbocycles. The van der Waals surface area contributed by atoms with Crippen LogP contribution in [-0.4, -0.2) is 30.1 Å². The molecule has 21 heavy (non-hydrogen) atoms. The molecule has 3 heterocycles. The molecule has 0 spiro atoms. The van der Waals surface area contributed by atoms with E-state index in [-0.39, 0.29) is 0 Å². The number of aromatic nitrogens is 2. The normalized spacial score (nSPS) is 15.2. The van der Waals surface area contributed by atoms with Crippen LogP contribution in [0.2, 0.25) is 0 Å². The Labute approximate surface area is 125 Å². The third-order valence-corrected chi connectivity index (χ3v) is 3.90. The van der Waals surface area contributed by atoms with Gasteiger partial charge in [-0.3, -0.25) is 0 Å². The van der Waals surface area contributed by atoms with Crippen molar-refractivity contribution in [1.29, 1.82) is 0 Å². The maximum absolute atomic E-state index is 5.63. The Balaban J connectivity index is 1.72. The maximum Gasteiger partial charge on any atom is 0.134 e. The molecule has 3 rings (SSSR count). The van der Waals surface area contributed by atoms with Crippen LogP contribution in [0.3, 0.4) is 0 Å². The molecule has 0 atom stereocenters. The first kappa shape index (κ1) is 13.9. The van der Waals surface area contributed by atoms with E-state index in [0.717, 1.165) is 36.2 Å². The van der Waals surface area contributed by atoms with E-state index in [1.165, 1.54) is 19.3 Å². The van der Waals surface area contributed by atoms with Crippen LogP contribution in [0.1, 0.15) is 30.8 Å². The maximum atomic E-state index is 5.63. The zero-order valence-corrected chi connectivity index (χ0v) is 12.7. The first-order chi connectivity index (χ1) is 10.2. The van der Waals surface area contributed by atoms with Crippen LogP contribution in [0.5, 0.6) is 0 Å². The standard InChI is InChI=1S/C16H22N4O/c1-13-6-7-14(21-13)11-19(2)15-10-16(18-12-17-15)20-8-4-3-5-9-20/h6-7,10,12H,3-5,8-9,11H2,1-2H3. The van der Waals surface area contributed by atoms with Crippen LogP contribution in [0, 0.1) is 6.92 Å². The highest BCUT2D eigenvalue weighted by Gasteiger charge is 2.14. The van der Waals surface area contributed by atoms with Gasteiger partial charge in [0.1, 0.15) is 29.5 Å². The fraction of sp³-hybridized carbons (Fsp3) is 0.500. The number of furan rings is 1. The van der Waals surface area contributed by atoms with E-state index in [9.17, 15) is 0 Å². The Bertz CT molecular complexity index is 589. The summed E-state index contributed by atoms with van der Waals surface area (Å²) in [6.07, 6.45) is 5.48. The quantitative estimate of drug-likeness (QED) is 0.864. The molecule has 5 heteroatoms. The largest absolute Gasteiger partial charge is 0.464 e. The molecule has 0 unspecified atom stereocenters. The van der Waals surface area contributed by atoms with Crippen molar-refractivity contribution in [1.82, 2.24) is 9.97 Å². The second-order valence-electron chi connectivity index (χ2n) is 5.65. The number of anilines is 2. The van der Waals surface area contributed by atoms with Crippen molar-refractivity contribution in [2.24, 2.45) is 0 Å². The van der Waals surface area contributed by atoms with Crippen LogP contribution in [0.4, 0.5) is 11.6 Å². The van der Waals surface area contributed by atoms with Gasteiger partial charge >= 0.3 is 0 Å². The molecule has 1 fully saturated rings. The van der Waals surface area contributed by atoms with Crippen molar-refractivity contribution in [3.8, 4) is 0 Å². The molecule has 1 saturated heterocycles. The van der Waals surface area contributed by atoms with E-state index in [1.54, 1.807) is 6.33 Å². The monoisotopic (exact) mass is 286 g/mol. The lowest BCUT2D eigenvalue weighted by atomic mass is 10.1. The van der Waals surface area contributed by atoms with Crippen LogP contribution >= 0.6 is 0 Å². The minimum Gasteiger partial charge on any atom is -0.464 e. The third-order valence-electron chi connectivity index (χ3n) is 3.90. The summed E-state index contributed by atoms with van der Waals surface area (Å²) in [5, 5.41) is 0. The highest BCUT2D eigenvalue weighted by molar-refractivity contribution is 5.50. The van der Waals surface area contributed by atoms with Gasteiger partial charge in [0.2, 0.25) is 0 Å². The van der Waals surface area contributed by atoms with Gasteiger partial charge in [0.25, 0.3) is 0 Å². The summed E-state index contributed by atoms with van der Waals surface area (Å²) in [5.74, 6) is 3.85. The number of nitrogens with zero attached hydrogens (tertiary/aromatic N) is 4. The lowest BCUT2D eigenvalue weighted by Crippen LogP contribution is -2.30. The predicted molar refractivity (Wildman–Crippen MR) is 83.6 cm³/mol. The lowest BCUT2D eigenvalue weighted by Gasteiger charge is -2.28. The van der Waals surface area contributed by atoms with Gasteiger partial charge in [0, 0.05) is 26.2 Å². The van der Waals surface area contributed by atoms with E-state index >= 15 is 0 Å². The molecule has 2 aromatic rings. The Morgan fingerprint density at radius 1 is 1.19 bits per heavy atom. The fourth-order valence-corrected chi connectivity index (χ4v) is 2.73. The Morgan fingerprint density at radius 2 is 2.00 bits per heavy atom. The number of piperidine rings is 1. The fourth-order valence-electron chi connectivity index (χ4n) is 2.73. The van der Waals surface area contributed by atoms with Gasteiger partial charge in [-0.1, -0.05) is 0 Å². The minimum absolute atomic E-state index is 0.713. The number of rotatable bonds is 4.